The maximum absolute atomic E-state index is 3.85. The Morgan fingerprint density at radius 1 is 0.436 bits per heavy atom. The zero-order valence-corrected chi connectivity index (χ0v) is 34.8. The summed E-state index contributed by atoms with van der Waals surface area (Å²) in [5.74, 6) is 0. The second-order valence-electron chi connectivity index (χ2n) is 13.8. The van der Waals surface area contributed by atoms with Gasteiger partial charge >= 0.3 is 0 Å². The van der Waals surface area contributed by atoms with E-state index in [9.17, 15) is 0 Å². The number of thiophene rings is 1. The number of hydrogen-bond acceptors (Lipinski definition) is 1. The van der Waals surface area contributed by atoms with E-state index in [1.807, 2.05) is 42.5 Å². The molecule has 278 valence electrons. The van der Waals surface area contributed by atoms with Crippen LogP contribution in [-0.4, -0.2) is 0 Å². The highest BCUT2D eigenvalue weighted by Crippen LogP contribution is 2.33. The van der Waals surface area contributed by atoms with Crippen molar-refractivity contribution in [2.24, 2.45) is 0 Å². The third kappa shape index (κ3) is 12.1. The molecule has 8 rings (SSSR count). The quantitative estimate of drug-likeness (QED) is 0.158. The molecule has 0 aliphatic heterocycles. The van der Waals surface area contributed by atoms with Crippen molar-refractivity contribution < 1.29 is 0 Å². The highest BCUT2D eigenvalue weighted by molar-refractivity contribution is 7.19. The molecular formula is C54H56S. The van der Waals surface area contributed by atoms with Gasteiger partial charge in [-0.2, -0.15) is 0 Å². The van der Waals surface area contributed by atoms with Crippen molar-refractivity contribution in [3.63, 3.8) is 0 Å². The summed E-state index contributed by atoms with van der Waals surface area (Å²) in [4.78, 5) is 1.36. The summed E-state index contributed by atoms with van der Waals surface area (Å²) < 4.78 is 1.36. The lowest BCUT2D eigenvalue weighted by Gasteiger charge is -2.12. The van der Waals surface area contributed by atoms with Crippen molar-refractivity contribution in [2.75, 3.05) is 0 Å². The van der Waals surface area contributed by atoms with Crippen LogP contribution in [0.3, 0.4) is 0 Å². The number of fused-ring (bicyclic) bond motifs is 2. The van der Waals surface area contributed by atoms with Gasteiger partial charge in [-0.05, 0) is 129 Å². The summed E-state index contributed by atoms with van der Waals surface area (Å²) in [6.45, 7) is 24.1. The molecule has 1 heteroatoms. The molecule has 0 amide bonds. The van der Waals surface area contributed by atoms with Gasteiger partial charge in [0.25, 0.3) is 0 Å². The van der Waals surface area contributed by atoms with E-state index in [0.29, 0.717) is 0 Å². The fourth-order valence-corrected chi connectivity index (χ4v) is 7.37. The normalized spacial score (nSPS) is 9.96. The number of allylic oxidation sites excluding steroid dienone is 1. The second kappa shape index (κ2) is 21.2. The molecular weight excluding hydrogens is 681 g/mol. The first-order valence-electron chi connectivity index (χ1n) is 18.9. The van der Waals surface area contributed by atoms with Crippen LogP contribution in [0.1, 0.15) is 50.7 Å². The Hall–Kier alpha value is -5.76. The van der Waals surface area contributed by atoms with Crippen LogP contribution in [0.25, 0.3) is 49.2 Å². The van der Waals surface area contributed by atoms with E-state index >= 15 is 0 Å². The third-order valence-corrected chi connectivity index (χ3v) is 10.3. The predicted octanol–water partition coefficient (Wildman–Crippen LogP) is 16.4. The van der Waals surface area contributed by atoms with Crippen molar-refractivity contribution in [1.29, 1.82) is 0 Å². The molecule has 0 nitrogen and oxygen atoms in total. The van der Waals surface area contributed by atoms with Crippen LogP contribution in [0.5, 0.6) is 0 Å². The molecule has 0 spiro atoms. The number of rotatable bonds is 3. The lowest BCUT2D eigenvalue weighted by atomic mass is 9.92. The predicted molar refractivity (Wildman–Crippen MR) is 249 cm³/mol. The molecule has 0 aliphatic rings. The minimum Gasteiger partial charge on any atom is -0.140 e. The molecule has 0 atom stereocenters. The van der Waals surface area contributed by atoms with Gasteiger partial charge < -0.3 is 0 Å². The van der Waals surface area contributed by atoms with Crippen molar-refractivity contribution in [3.8, 4) is 22.3 Å². The Morgan fingerprint density at radius 2 is 1.00 bits per heavy atom. The summed E-state index contributed by atoms with van der Waals surface area (Å²) in [7, 11) is 0. The molecule has 0 bridgehead atoms. The minimum atomic E-state index is 1.28. The van der Waals surface area contributed by atoms with Crippen LogP contribution in [0.2, 0.25) is 0 Å². The number of aryl methyl sites for hydroxylation is 7. The summed E-state index contributed by atoms with van der Waals surface area (Å²) in [6, 6.07) is 55.7. The fraction of sp³-hybridized carbons (Fsp3) is 0.148. The van der Waals surface area contributed by atoms with Gasteiger partial charge in [0.2, 0.25) is 0 Å². The van der Waals surface area contributed by atoms with Crippen molar-refractivity contribution in [3.05, 3.63) is 221 Å². The van der Waals surface area contributed by atoms with Gasteiger partial charge in [-0.3, -0.25) is 0 Å². The number of hydrogen-bond donors (Lipinski definition) is 0. The number of benzene rings is 7. The van der Waals surface area contributed by atoms with E-state index < -0.39 is 0 Å². The first-order chi connectivity index (χ1) is 26.6. The molecule has 0 N–H and O–H groups in total. The summed E-state index contributed by atoms with van der Waals surface area (Å²) in [5, 5.41) is 4.03. The Bertz CT molecular complexity index is 2440. The zero-order valence-electron chi connectivity index (χ0n) is 34.0. The molecule has 1 heterocycles. The Labute approximate surface area is 335 Å². The lowest BCUT2D eigenvalue weighted by Crippen LogP contribution is -1.88. The zero-order chi connectivity index (χ0) is 39.7. The molecule has 7 aromatic carbocycles. The van der Waals surface area contributed by atoms with Crippen LogP contribution >= 0.6 is 11.3 Å². The third-order valence-electron chi connectivity index (χ3n) is 9.24. The Balaban J connectivity index is 0.000000170. The van der Waals surface area contributed by atoms with Crippen molar-refractivity contribution in [1.82, 2.24) is 0 Å². The molecule has 55 heavy (non-hydrogen) atoms. The first-order valence-corrected chi connectivity index (χ1v) is 19.8. The maximum Gasteiger partial charge on any atom is 0.0351 e. The average Bonchev–Trinajstić information content (AvgIpc) is 3.51. The topological polar surface area (TPSA) is 0 Å². The summed E-state index contributed by atoms with van der Waals surface area (Å²) >= 11 is 1.84. The van der Waals surface area contributed by atoms with Crippen LogP contribution in [0.15, 0.2) is 177 Å². The minimum absolute atomic E-state index is 1.28. The second-order valence-corrected chi connectivity index (χ2v) is 15.1. The highest BCUT2D eigenvalue weighted by Gasteiger charge is 2.08. The van der Waals surface area contributed by atoms with Crippen molar-refractivity contribution >= 4 is 38.3 Å². The maximum atomic E-state index is 3.85. The van der Waals surface area contributed by atoms with Crippen LogP contribution < -0.4 is 0 Å². The van der Waals surface area contributed by atoms with Gasteiger partial charge in [0.15, 0.2) is 0 Å². The first kappa shape index (κ1) is 42.0. The molecule has 0 saturated heterocycles. The van der Waals surface area contributed by atoms with E-state index in [2.05, 4.69) is 201 Å². The molecule has 1 aromatic heterocycles. The standard InChI is InChI=1S/C21H20.C12H12S.C11H10.C7H8.C3H6/c1-15-7-6-9-18(13-15)19-12-11-17(3)21(14-19)20-10-5-4-8-16(20)2;1-4-10-9(3)13-12-6-5-8(2)7-11(10)12;1-9-5-4-7-10-6-2-3-8-11(9)10;1-7-5-3-2-4-6-7;1-3-2/h4-14H,1-3H3;4-7H,1H2,2-3H3;2-8H,1H3;2-6H,1H3;3H,1H2,2H3. The SMILES string of the molecule is C=CC.C=Cc1c(C)sc2ccc(C)cc12.Cc1cccc(-c2ccc(C)c(-c3ccccc3C)c2)c1.Cc1cccc2ccccc12.Cc1ccccc1. The molecule has 0 aliphatic carbocycles. The monoisotopic (exact) mass is 736 g/mol. The molecule has 0 radical (unpaired) electrons. The van der Waals surface area contributed by atoms with Crippen LogP contribution in [-0.2, 0) is 0 Å². The van der Waals surface area contributed by atoms with E-state index in [-0.39, 0.29) is 0 Å². The van der Waals surface area contributed by atoms with Crippen LogP contribution in [0.4, 0.5) is 0 Å². The van der Waals surface area contributed by atoms with Gasteiger partial charge in [-0.1, -0.05) is 175 Å². The molecule has 8 aromatic rings. The lowest BCUT2D eigenvalue weighted by molar-refractivity contribution is 1.40. The van der Waals surface area contributed by atoms with Gasteiger partial charge in [0.05, 0.1) is 0 Å². The van der Waals surface area contributed by atoms with Gasteiger partial charge in [0.1, 0.15) is 0 Å². The molecule has 0 saturated carbocycles. The fourth-order valence-electron chi connectivity index (χ4n) is 6.32. The average molecular weight is 737 g/mol. The van der Waals surface area contributed by atoms with Crippen molar-refractivity contribution in [2.45, 2.75) is 55.4 Å². The Kier molecular flexibility index (Phi) is 16.2. The highest BCUT2D eigenvalue weighted by atomic mass is 32.1. The van der Waals surface area contributed by atoms with E-state index in [1.165, 1.54) is 86.9 Å². The van der Waals surface area contributed by atoms with E-state index in [4.69, 9.17) is 0 Å². The Morgan fingerprint density at radius 3 is 1.65 bits per heavy atom. The van der Waals surface area contributed by atoms with E-state index in [1.54, 1.807) is 6.08 Å². The van der Waals surface area contributed by atoms with E-state index in [0.717, 1.165) is 0 Å². The van der Waals surface area contributed by atoms with Crippen LogP contribution in [0, 0.1) is 48.5 Å². The van der Waals surface area contributed by atoms with Gasteiger partial charge in [-0.15, -0.1) is 17.9 Å². The van der Waals surface area contributed by atoms with Gasteiger partial charge in [-0.25, -0.2) is 0 Å². The summed E-state index contributed by atoms with van der Waals surface area (Å²) in [5.41, 5.74) is 14.4. The van der Waals surface area contributed by atoms with Gasteiger partial charge in [0, 0.05) is 15.0 Å². The molecule has 0 unspecified atom stereocenters. The largest absolute Gasteiger partial charge is 0.140 e. The molecule has 0 fully saturated rings. The summed E-state index contributed by atoms with van der Waals surface area (Å²) in [6.07, 6.45) is 3.70. The smallest absolute Gasteiger partial charge is 0.0351 e.